The van der Waals surface area contributed by atoms with E-state index < -0.39 is 6.04 Å². The van der Waals surface area contributed by atoms with Gasteiger partial charge in [-0.3, -0.25) is 9.78 Å². The topological polar surface area (TPSA) is 65.2 Å². The van der Waals surface area contributed by atoms with Crippen molar-refractivity contribution >= 4 is 16.9 Å². The Morgan fingerprint density at radius 3 is 2.82 bits per heavy atom. The van der Waals surface area contributed by atoms with Crippen LogP contribution < -0.4 is 5.73 Å². The number of hydrogen-bond donors (Lipinski definition) is 1. The van der Waals surface area contributed by atoms with E-state index in [1.807, 2.05) is 0 Å². The number of pyridine rings is 1. The Labute approximate surface area is 131 Å². The molecule has 0 amide bonds. The van der Waals surface area contributed by atoms with Crippen molar-refractivity contribution in [3.8, 4) is 0 Å². The molecule has 0 radical (unpaired) electrons. The molecule has 22 heavy (non-hydrogen) atoms. The van der Waals surface area contributed by atoms with Crippen LogP contribution in [0.3, 0.4) is 0 Å². The number of rotatable bonds is 7. The second-order valence-electron chi connectivity index (χ2n) is 5.68. The van der Waals surface area contributed by atoms with Gasteiger partial charge in [0.05, 0.1) is 12.6 Å². The van der Waals surface area contributed by atoms with Crippen molar-refractivity contribution in [3.63, 3.8) is 0 Å². The summed E-state index contributed by atoms with van der Waals surface area (Å²) in [6, 6.07) is 9.98. The molecule has 0 aliphatic rings. The summed E-state index contributed by atoms with van der Waals surface area (Å²) >= 11 is 0. The number of hydrogen-bond acceptors (Lipinski definition) is 4. The zero-order chi connectivity index (χ0) is 15.9. The van der Waals surface area contributed by atoms with E-state index >= 15 is 0 Å². The van der Waals surface area contributed by atoms with Crippen LogP contribution >= 0.6 is 0 Å². The monoisotopic (exact) mass is 300 g/mol. The molecule has 0 spiro atoms. The Hall–Kier alpha value is -1.94. The summed E-state index contributed by atoms with van der Waals surface area (Å²) in [6.07, 6.45) is 4.66. The summed E-state index contributed by atoms with van der Waals surface area (Å²) in [6.45, 7) is 2.09. The number of para-hydroxylation sites is 1. The average molecular weight is 300 g/mol. The van der Waals surface area contributed by atoms with Crippen molar-refractivity contribution in [2.75, 3.05) is 7.11 Å². The van der Waals surface area contributed by atoms with Crippen molar-refractivity contribution in [1.82, 2.24) is 4.98 Å². The number of nitrogens with zero attached hydrogens (tertiary/aromatic N) is 1. The van der Waals surface area contributed by atoms with E-state index in [9.17, 15) is 4.79 Å². The van der Waals surface area contributed by atoms with Crippen LogP contribution in [0.15, 0.2) is 30.3 Å². The molecule has 2 aromatic rings. The minimum Gasteiger partial charge on any atom is -0.468 e. The molecule has 0 saturated carbocycles. The fourth-order valence-corrected chi connectivity index (χ4v) is 2.59. The second kappa shape index (κ2) is 7.90. The van der Waals surface area contributed by atoms with Crippen molar-refractivity contribution in [3.05, 3.63) is 41.6 Å². The minimum absolute atomic E-state index is 0.327. The predicted octanol–water partition coefficient (Wildman–Crippen LogP) is 3.15. The lowest BCUT2D eigenvalue weighted by atomic mass is 10.1. The first-order valence-electron chi connectivity index (χ1n) is 7.80. The third kappa shape index (κ3) is 4.28. The molecule has 1 unspecified atom stereocenters. The lowest BCUT2D eigenvalue weighted by Gasteiger charge is -2.09. The Bertz CT molecular complexity index is 640. The zero-order valence-electron chi connectivity index (χ0n) is 13.3. The van der Waals surface area contributed by atoms with Gasteiger partial charge >= 0.3 is 5.97 Å². The number of aryl methyl sites for hydroxylation is 2. The van der Waals surface area contributed by atoms with E-state index in [0.29, 0.717) is 6.42 Å². The van der Waals surface area contributed by atoms with Gasteiger partial charge in [0.2, 0.25) is 0 Å². The van der Waals surface area contributed by atoms with Crippen LogP contribution in [0.5, 0.6) is 0 Å². The van der Waals surface area contributed by atoms with E-state index in [1.54, 1.807) is 0 Å². The molecule has 1 heterocycles. The summed E-state index contributed by atoms with van der Waals surface area (Å²) < 4.78 is 4.62. The second-order valence-corrected chi connectivity index (χ2v) is 5.68. The number of nitrogens with two attached hydrogens (primary N) is 1. The fraction of sp³-hybridized carbons (Fsp3) is 0.444. The molecule has 0 bridgehead atoms. The molecular formula is C18H24N2O2. The van der Waals surface area contributed by atoms with Gasteiger partial charge in [0.15, 0.2) is 0 Å². The zero-order valence-corrected chi connectivity index (χ0v) is 13.3. The largest absolute Gasteiger partial charge is 0.468 e. The third-order valence-electron chi connectivity index (χ3n) is 3.93. The van der Waals surface area contributed by atoms with Gasteiger partial charge < -0.3 is 10.5 Å². The Morgan fingerprint density at radius 1 is 1.23 bits per heavy atom. The molecule has 4 nitrogen and oxygen atoms in total. The van der Waals surface area contributed by atoms with Crippen LogP contribution in [0, 0.1) is 6.92 Å². The molecule has 0 saturated heterocycles. The normalized spacial score (nSPS) is 12.3. The lowest BCUT2D eigenvalue weighted by molar-refractivity contribution is -0.142. The standard InChI is InChI=1S/C18H24N2O2/c1-13-7-6-8-14-11-12-15(20-17(13)14)9-4-3-5-10-16(19)18(21)22-2/h6-8,11-12,16H,3-5,9-10,19H2,1-2H3. The average Bonchev–Trinajstić information content (AvgIpc) is 2.54. The highest BCUT2D eigenvalue weighted by Crippen LogP contribution is 2.17. The number of ether oxygens (including phenoxy) is 1. The summed E-state index contributed by atoms with van der Waals surface area (Å²) in [5, 5.41) is 1.19. The van der Waals surface area contributed by atoms with E-state index in [2.05, 4.69) is 42.0 Å². The SMILES string of the molecule is COC(=O)C(N)CCCCCc1ccc2cccc(C)c2n1. The van der Waals surface area contributed by atoms with Crippen LogP contribution in [0.1, 0.15) is 36.9 Å². The Morgan fingerprint density at radius 2 is 2.05 bits per heavy atom. The molecule has 0 fully saturated rings. The Balaban J connectivity index is 1.80. The van der Waals surface area contributed by atoms with Crippen LogP contribution in [-0.4, -0.2) is 24.1 Å². The molecule has 1 aromatic carbocycles. The van der Waals surface area contributed by atoms with Crippen molar-refractivity contribution in [2.45, 2.75) is 45.1 Å². The molecule has 118 valence electrons. The summed E-state index contributed by atoms with van der Waals surface area (Å²) in [5.41, 5.74) is 9.14. The van der Waals surface area contributed by atoms with Crippen LogP contribution in [0.4, 0.5) is 0 Å². The molecule has 0 aliphatic carbocycles. The van der Waals surface area contributed by atoms with E-state index in [-0.39, 0.29) is 5.97 Å². The smallest absolute Gasteiger partial charge is 0.322 e. The highest BCUT2D eigenvalue weighted by molar-refractivity contribution is 5.81. The Kier molecular flexibility index (Phi) is 5.90. The van der Waals surface area contributed by atoms with Gasteiger partial charge in [-0.05, 0) is 37.8 Å². The molecule has 1 aromatic heterocycles. The van der Waals surface area contributed by atoms with Gasteiger partial charge in [0.1, 0.15) is 6.04 Å². The predicted molar refractivity (Wildman–Crippen MR) is 88.6 cm³/mol. The molecular weight excluding hydrogens is 276 g/mol. The number of carbonyl (C=O) groups excluding carboxylic acids is 1. The van der Waals surface area contributed by atoms with E-state index in [0.717, 1.165) is 36.9 Å². The number of esters is 1. The van der Waals surface area contributed by atoms with Crippen molar-refractivity contribution in [2.24, 2.45) is 5.73 Å². The van der Waals surface area contributed by atoms with Gasteiger partial charge in [-0.25, -0.2) is 0 Å². The highest BCUT2D eigenvalue weighted by atomic mass is 16.5. The first kappa shape index (κ1) is 16.4. The molecule has 2 rings (SSSR count). The first-order valence-corrected chi connectivity index (χ1v) is 7.80. The fourth-order valence-electron chi connectivity index (χ4n) is 2.59. The highest BCUT2D eigenvalue weighted by Gasteiger charge is 2.12. The van der Waals surface area contributed by atoms with Gasteiger partial charge in [0.25, 0.3) is 0 Å². The van der Waals surface area contributed by atoms with Crippen LogP contribution in [-0.2, 0) is 16.0 Å². The number of aromatic nitrogens is 1. The third-order valence-corrected chi connectivity index (χ3v) is 3.93. The minimum atomic E-state index is -0.494. The maximum atomic E-state index is 11.2. The number of methoxy groups -OCH3 is 1. The van der Waals surface area contributed by atoms with E-state index in [4.69, 9.17) is 10.7 Å². The van der Waals surface area contributed by atoms with Crippen LogP contribution in [0.2, 0.25) is 0 Å². The lowest BCUT2D eigenvalue weighted by Crippen LogP contribution is -2.31. The van der Waals surface area contributed by atoms with Crippen LogP contribution in [0.25, 0.3) is 10.9 Å². The molecule has 2 N–H and O–H groups in total. The quantitative estimate of drug-likeness (QED) is 0.630. The van der Waals surface area contributed by atoms with Crippen molar-refractivity contribution < 1.29 is 9.53 Å². The van der Waals surface area contributed by atoms with Gasteiger partial charge in [-0.1, -0.05) is 37.1 Å². The number of fused-ring (bicyclic) bond motifs is 1. The number of unbranched alkanes of at least 4 members (excludes halogenated alkanes) is 2. The summed E-state index contributed by atoms with van der Waals surface area (Å²) in [7, 11) is 1.37. The molecule has 0 aliphatic heterocycles. The first-order chi connectivity index (χ1) is 10.6. The molecule has 1 atom stereocenters. The van der Waals surface area contributed by atoms with Crippen molar-refractivity contribution in [1.29, 1.82) is 0 Å². The summed E-state index contributed by atoms with van der Waals surface area (Å²) in [5.74, 6) is -0.327. The number of benzene rings is 1. The van der Waals surface area contributed by atoms with Gasteiger partial charge in [-0.2, -0.15) is 0 Å². The maximum absolute atomic E-state index is 11.2. The summed E-state index contributed by atoms with van der Waals surface area (Å²) in [4.78, 5) is 15.9. The van der Waals surface area contributed by atoms with Gasteiger partial charge in [0, 0.05) is 11.1 Å². The van der Waals surface area contributed by atoms with Gasteiger partial charge in [-0.15, -0.1) is 0 Å². The van der Waals surface area contributed by atoms with E-state index in [1.165, 1.54) is 18.1 Å². The number of carbonyl (C=O) groups is 1. The molecule has 4 heteroatoms. The maximum Gasteiger partial charge on any atom is 0.322 e.